The molecule has 0 radical (unpaired) electrons. The molecule has 0 N–H and O–H groups in total. The molecule has 0 aliphatic carbocycles. The maximum Gasteiger partial charge on any atom is 0.273 e. The van der Waals surface area contributed by atoms with Gasteiger partial charge in [-0.2, -0.15) is 0 Å². The molecule has 27 heavy (non-hydrogen) atoms. The number of rotatable bonds is 3. The van der Waals surface area contributed by atoms with Crippen LogP contribution in [0.1, 0.15) is 64.9 Å². The first-order valence-corrected chi connectivity index (χ1v) is 10.5. The fourth-order valence-corrected chi connectivity index (χ4v) is 4.87. The van der Waals surface area contributed by atoms with Crippen molar-refractivity contribution in [1.82, 2.24) is 9.88 Å². The Bertz CT molecular complexity index is 863. The molecule has 1 amide bonds. The fraction of sp³-hybridized carbons (Fsp3) is 0.476. The Morgan fingerprint density at radius 3 is 3.00 bits per heavy atom. The van der Waals surface area contributed by atoms with E-state index in [1.165, 1.54) is 0 Å². The molecule has 2 aliphatic heterocycles. The number of hydrogen-bond donors (Lipinski definition) is 0. The largest absolute Gasteiger partial charge is 0.486 e. The predicted molar refractivity (Wildman–Crippen MR) is 105 cm³/mol. The van der Waals surface area contributed by atoms with Gasteiger partial charge in [0, 0.05) is 24.9 Å². The number of carbonyl (C=O) groups excluding carboxylic acids is 2. The molecule has 0 saturated carbocycles. The first-order valence-electron chi connectivity index (χ1n) is 9.65. The van der Waals surface area contributed by atoms with Crippen LogP contribution < -0.4 is 4.74 Å². The highest BCUT2D eigenvalue weighted by Crippen LogP contribution is 2.39. The molecule has 1 saturated heterocycles. The van der Waals surface area contributed by atoms with Gasteiger partial charge in [0.2, 0.25) is 0 Å². The number of amides is 1. The second-order valence-electron chi connectivity index (χ2n) is 7.40. The molecule has 3 heterocycles. The molecule has 2 aliphatic rings. The van der Waals surface area contributed by atoms with Crippen molar-refractivity contribution < 1.29 is 14.3 Å². The lowest BCUT2D eigenvalue weighted by molar-refractivity contribution is 0.0300. The number of ketones is 1. The first kappa shape index (κ1) is 18.2. The Morgan fingerprint density at radius 2 is 2.15 bits per heavy atom. The third-order valence-corrected chi connectivity index (χ3v) is 6.32. The van der Waals surface area contributed by atoms with Crippen molar-refractivity contribution in [1.29, 1.82) is 0 Å². The van der Waals surface area contributed by atoms with Crippen molar-refractivity contribution in [3.8, 4) is 5.75 Å². The summed E-state index contributed by atoms with van der Waals surface area (Å²) in [5.74, 6) is 0.811. The van der Waals surface area contributed by atoms with Crippen LogP contribution in [0.3, 0.4) is 0 Å². The number of aromatic nitrogens is 1. The summed E-state index contributed by atoms with van der Waals surface area (Å²) in [5, 5.41) is 2.88. The average Bonchev–Trinajstić information content (AvgIpc) is 3.04. The molecule has 4 rings (SSSR count). The third kappa shape index (κ3) is 3.63. The number of hydrogen-bond acceptors (Lipinski definition) is 5. The normalized spacial score (nSPS) is 22.3. The van der Waals surface area contributed by atoms with E-state index in [9.17, 15) is 9.59 Å². The van der Waals surface area contributed by atoms with Gasteiger partial charge in [-0.3, -0.25) is 9.59 Å². The number of Topliss-reactive ketones (excluding diaryl/α,β-unsaturated/α-hetero) is 1. The summed E-state index contributed by atoms with van der Waals surface area (Å²) in [5.41, 5.74) is 0.729. The number of thiazole rings is 1. The molecule has 142 valence electrons. The zero-order valence-electron chi connectivity index (χ0n) is 15.6. The van der Waals surface area contributed by atoms with Gasteiger partial charge in [0.25, 0.3) is 5.91 Å². The number of para-hydroxylation sites is 1. The highest BCUT2D eigenvalue weighted by atomic mass is 32.1. The van der Waals surface area contributed by atoms with Crippen LogP contribution in [0, 0.1) is 0 Å². The minimum Gasteiger partial charge on any atom is -0.486 e. The van der Waals surface area contributed by atoms with Gasteiger partial charge in [0.1, 0.15) is 17.0 Å². The molecule has 0 bridgehead atoms. The average molecular weight is 385 g/mol. The van der Waals surface area contributed by atoms with Crippen LogP contribution in [0.25, 0.3) is 0 Å². The van der Waals surface area contributed by atoms with Crippen molar-refractivity contribution in [2.45, 2.75) is 51.0 Å². The van der Waals surface area contributed by atoms with E-state index in [0.29, 0.717) is 42.9 Å². The van der Waals surface area contributed by atoms with Crippen LogP contribution in [-0.2, 0) is 6.42 Å². The van der Waals surface area contributed by atoms with Crippen LogP contribution >= 0.6 is 11.3 Å². The van der Waals surface area contributed by atoms with Crippen molar-refractivity contribution in [3.63, 3.8) is 0 Å². The topological polar surface area (TPSA) is 59.5 Å². The molecule has 5 nitrogen and oxygen atoms in total. The summed E-state index contributed by atoms with van der Waals surface area (Å²) >= 11 is 1.56. The molecule has 1 atom stereocenters. The molecule has 1 aromatic carbocycles. The Kier molecular flexibility index (Phi) is 5.00. The van der Waals surface area contributed by atoms with Crippen molar-refractivity contribution in [2.75, 3.05) is 13.1 Å². The molecule has 1 fully saturated rings. The number of fused-ring (bicyclic) bond motifs is 1. The summed E-state index contributed by atoms with van der Waals surface area (Å²) in [6.45, 7) is 3.39. The van der Waals surface area contributed by atoms with E-state index in [-0.39, 0.29) is 11.7 Å². The molecule has 1 unspecified atom stereocenters. The summed E-state index contributed by atoms with van der Waals surface area (Å²) in [7, 11) is 0. The van der Waals surface area contributed by atoms with Gasteiger partial charge < -0.3 is 9.64 Å². The van der Waals surface area contributed by atoms with Gasteiger partial charge in [0.15, 0.2) is 5.78 Å². The number of nitrogens with zero attached hydrogens (tertiary/aromatic N) is 2. The van der Waals surface area contributed by atoms with E-state index in [1.807, 2.05) is 34.5 Å². The lowest BCUT2D eigenvalue weighted by Crippen LogP contribution is -2.43. The second kappa shape index (κ2) is 7.43. The van der Waals surface area contributed by atoms with Crippen molar-refractivity contribution >= 4 is 23.0 Å². The maximum atomic E-state index is 12.9. The van der Waals surface area contributed by atoms with E-state index >= 15 is 0 Å². The monoisotopic (exact) mass is 384 g/mol. The van der Waals surface area contributed by atoms with Gasteiger partial charge in [-0.1, -0.05) is 19.1 Å². The summed E-state index contributed by atoms with van der Waals surface area (Å²) in [6, 6.07) is 7.46. The first-order chi connectivity index (χ1) is 13.1. The summed E-state index contributed by atoms with van der Waals surface area (Å²) in [4.78, 5) is 31.8. The zero-order chi connectivity index (χ0) is 18.9. The SMILES string of the molecule is CCCc1nc(C(=O)N2CCCC3(CC2)CC(=O)c2ccccc2O3)cs1. The molecular weight excluding hydrogens is 360 g/mol. The number of aryl methyl sites for hydroxylation is 1. The lowest BCUT2D eigenvalue weighted by Gasteiger charge is -2.37. The number of likely N-dealkylation sites (tertiary alicyclic amines) is 1. The molecule has 1 spiro atoms. The van der Waals surface area contributed by atoms with Crippen molar-refractivity contribution in [3.05, 3.63) is 45.9 Å². The van der Waals surface area contributed by atoms with Gasteiger partial charge in [-0.25, -0.2) is 4.98 Å². The molecular formula is C21H24N2O3S. The van der Waals surface area contributed by atoms with Crippen molar-refractivity contribution in [2.24, 2.45) is 0 Å². The number of ether oxygens (including phenoxy) is 1. The van der Waals surface area contributed by atoms with Gasteiger partial charge in [0.05, 0.1) is 17.0 Å². The zero-order valence-corrected chi connectivity index (χ0v) is 16.4. The third-order valence-electron chi connectivity index (χ3n) is 5.42. The standard InChI is InChI=1S/C21H24N2O3S/c1-2-6-19-22-16(14-27-19)20(25)23-11-5-9-21(10-12-23)13-17(24)15-7-3-4-8-18(15)26-21/h3-4,7-8,14H,2,5-6,9-13H2,1H3. The van der Waals surface area contributed by atoms with Crippen LogP contribution in [0.2, 0.25) is 0 Å². The van der Waals surface area contributed by atoms with Gasteiger partial charge in [-0.05, 0) is 37.8 Å². The smallest absolute Gasteiger partial charge is 0.273 e. The van der Waals surface area contributed by atoms with Crippen LogP contribution in [0.5, 0.6) is 5.75 Å². The highest BCUT2D eigenvalue weighted by molar-refractivity contribution is 7.09. The minimum atomic E-state index is -0.490. The lowest BCUT2D eigenvalue weighted by atomic mass is 9.84. The Morgan fingerprint density at radius 1 is 1.30 bits per heavy atom. The van der Waals surface area contributed by atoms with Crippen LogP contribution in [-0.4, -0.2) is 40.3 Å². The summed E-state index contributed by atoms with van der Waals surface area (Å²) < 4.78 is 6.31. The van der Waals surface area contributed by atoms with Gasteiger partial charge in [-0.15, -0.1) is 11.3 Å². The van der Waals surface area contributed by atoms with Gasteiger partial charge >= 0.3 is 0 Å². The maximum absolute atomic E-state index is 12.9. The van der Waals surface area contributed by atoms with E-state index in [0.717, 1.165) is 30.7 Å². The van der Waals surface area contributed by atoms with Crippen LogP contribution in [0.4, 0.5) is 0 Å². The molecule has 1 aromatic heterocycles. The highest BCUT2D eigenvalue weighted by Gasteiger charge is 2.42. The van der Waals surface area contributed by atoms with E-state index in [2.05, 4.69) is 11.9 Å². The minimum absolute atomic E-state index is 0.00631. The van der Waals surface area contributed by atoms with Crippen LogP contribution in [0.15, 0.2) is 29.6 Å². The quantitative estimate of drug-likeness (QED) is 0.798. The van der Waals surface area contributed by atoms with E-state index in [1.54, 1.807) is 11.3 Å². The predicted octanol–water partition coefficient (Wildman–Crippen LogP) is 4.13. The van der Waals surface area contributed by atoms with E-state index < -0.39 is 5.60 Å². The Labute approximate surface area is 163 Å². The molecule has 2 aromatic rings. The fourth-order valence-electron chi connectivity index (χ4n) is 3.99. The summed E-state index contributed by atoms with van der Waals surface area (Å²) in [6.07, 6.45) is 4.62. The Balaban J connectivity index is 1.48. The van der Waals surface area contributed by atoms with E-state index in [4.69, 9.17) is 4.74 Å². The molecule has 6 heteroatoms. The Hall–Kier alpha value is -2.21. The number of carbonyl (C=O) groups is 2. The number of benzene rings is 1. The second-order valence-corrected chi connectivity index (χ2v) is 8.35.